The Kier molecular flexibility index (Phi) is 7.00. The fourth-order valence-electron chi connectivity index (χ4n) is 3.05. The first-order valence-electron chi connectivity index (χ1n) is 9.28. The molecule has 2 amide bonds. The second-order valence-corrected chi connectivity index (χ2v) is 7.67. The van der Waals surface area contributed by atoms with E-state index >= 15 is 0 Å². The van der Waals surface area contributed by atoms with Gasteiger partial charge in [-0.25, -0.2) is 9.18 Å². The second-order valence-electron chi connectivity index (χ2n) is 7.67. The number of carbonyl (C=O) groups excluding carboxylic acids is 2. The van der Waals surface area contributed by atoms with E-state index in [9.17, 15) is 14.0 Å². The summed E-state index contributed by atoms with van der Waals surface area (Å²) in [5.41, 5.74) is 0.124. The number of unbranched alkanes of at least 4 members (excludes halogenated alkanes) is 1. The molecule has 6 heteroatoms. The number of carbonyl (C=O) groups is 2. The summed E-state index contributed by atoms with van der Waals surface area (Å²) in [6, 6.07) is 6.28. The van der Waals surface area contributed by atoms with Gasteiger partial charge >= 0.3 is 6.09 Å². The van der Waals surface area contributed by atoms with Crippen molar-refractivity contribution in [3.8, 4) is 0 Å². The van der Waals surface area contributed by atoms with Crippen LogP contribution >= 0.6 is 0 Å². The molecule has 26 heavy (non-hydrogen) atoms. The number of likely N-dealkylation sites (tertiary alicyclic amines) is 1. The summed E-state index contributed by atoms with van der Waals surface area (Å²) in [6.07, 6.45) is 3.22. The highest BCUT2D eigenvalue weighted by Crippen LogP contribution is 2.21. The number of halogens is 1. The van der Waals surface area contributed by atoms with Crippen LogP contribution < -0.4 is 5.32 Å². The van der Waals surface area contributed by atoms with E-state index in [4.69, 9.17) is 4.74 Å². The first-order valence-corrected chi connectivity index (χ1v) is 9.28. The highest BCUT2D eigenvalue weighted by Gasteiger charge is 2.36. The summed E-state index contributed by atoms with van der Waals surface area (Å²) in [4.78, 5) is 26.1. The SMILES string of the molecule is CC(C)(C)OC(=O)N1CCCC1C(=O)NCCCCc1ccccc1F. The Balaban J connectivity index is 1.73. The standard InChI is InChI=1S/C20H29FN2O3/c1-20(2,3)26-19(25)23-14-8-12-17(23)18(24)22-13-7-6-10-15-9-4-5-11-16(15)21/h4-5,9,11,17H,6-8,10,12-14H2,1-3H3,(H,22,24). The van der Waals surface area contributed by atoms with Crippen LogP contribution in [-0.4, -0.2) is 41.6 Å². The molecule has 0 spiro atoms. The fraction of sp³-hybridized carbons (Fsp3) is 0.600. The Bertz CT molecular complexity index is 628. The summed E-state index contributed by atoms with van der Waals surface area (Å²) >= 11 is 0. The average Bonchev–Trinajstić information content (AvgIpc) is 3.04. The largest absolute Gasteiger partial charge is 0.444 e. The zero-order valence-electron chi connectivity index (χ0n) is 15.9. The van der Waals surface area contributed by atoms with Gasteiger partial charge in [-0.15, -0.1) is 0 Å². The number of nitrogens with zero attached hydrogens (tertiary/aromatic N) is 1. The van der Waals surface area contributed by atoms with Gasteiger partial charge in [0, 0.05) is 13.1 Å². The van der Waals surface area contributed by atoms with Gasteiger partial charge in [-0.3, -0.25) is 9.69 Å². The summed E-state index contributed by atoms with van der Waals surface area (Å²) in [7, 11) is 0. The van der Waals surface area contributed by atoms with Crippen LogP contribution in [0.5, 0.6) is 0 Å². The van der Waals surface area contributed by atoms with E-state index in [-0.39, 0.29) is 11.7 Å². The van der Waals surface area contributed by atoms with Gasteiger partial charge in [0.1, 0.15) is 17.5 Å². The van der Waals surface area contributed by atoms with Crippen molar-refractivity contribution in [3.63, 3.8) is 0 Å². The van der Waals surface area contributed by atoms with Crippen molar-refractivity contribution in [2.75, 3.05) is 13.1 Å². The normalized spacial score (nSPS) is 17.2. The van der Waals surface area contributed by atoms with Gasteiger partial charge in [0.2, 0.25) is 5.91 Å². The summed E-state index contributed by atoms with van der Waals surface area (Å²) in [6.45, 7) is 6.50. The number of hydrogen-bond donors (Lipinski definition) is 1. The van der Waals surface area contributed by atoms with Crippen LogP contribution in [0.15, 0.2) is 24.3 Å². The van der Waals surface area contributed by atoms with E-state index in [0.29, 0.717) is 31.5 Å². The smallest absolute Gasteiger partial charge is 0.410 e. The second kappa shape index (κ2) is 9.01. The number of amides is 2. The summed E-state index contributed by atoms with van der Waals surface area (Å²) in [5, 5.41) is 2.89. The molecule has 144 valence electrons. The molecule has 1 atom stereocenters. The first kappa shape index (κ1) is 20.2. The maximum Gasteiger partial charge on any atom is 0.410 e. The Hall–Kier alpha value is -2.11. The quantitative estimate of drug-likeness (QED) is 0.784. The number of hydrogen-bond acceptors (Lipinski definition) is 3. The van der Waals surface area contributed by atoms with Gasteiger partial charge in [-0.2, -0.15) is 0 Å². The fourth-order valence-corrected chi connectivity index (χ4v) is 3.05. The average molecular weight is 364 g/mol. The lowest BCUT2D eigenvalue weighted by atomic mass is 10.1. The summed E-state index contributed by atoms with van der Waals surface area (Å²) in [5.74, 6) is -0.324. The van der Waals surface area contributed by atoms with Crippen molar-refractivity contribution in [2.24, 2.45) is 0 Å². The third kappa shape index (κ3) is 6.00. The molecule has 1 aliphatic rings. The molecular weight excluding hydrogens is 335 g/mol. The van der Waals surface area contributed by atoms with Crippen molar-refractivity contribution in [1.82, 2.24) is 10.2 Å². The van der Waals surface area contributed by atoms with Gasteiger partial charge in [0.15, 0.2) is 0 Å². The van der Waals surface area contributed by atoms with E-state index in [2.05, 4.69) is 5.32 Å². The zero-order valence-corrected chi connectivity index (χ0v) is 15.9. The Morgan fingerprint density at radius 1 is 1.27 bits per heavy atom. The first-order chi connectivity index (χ1) is 12.3. The van der Waals surface area contributed by atoms with E-state index < -0.39 is 17.7 Å². The van der Waals surface area contributed by atoms with Gasteiger partial charge in [-0.1, -0.05) is 18.2 Å². The molecule has 1 heterocycles. The van der Waals surface area contributed by atoms with Gasteiger partial charge in [0.05, 0.1) is 0 Å². The minimum atomic E-state index is -0.576. The zero-order chi connectivity index (χ0) is 19.2. The molecule has 1 saturated heterocycles. The van der Waals surface area contributed by atoms with Crippen LogP contribution in [0, 0.1) is 5.82 Å². The summed E-state index contributed by atoms with van der Waals surface area (Å²) < 4.78 is 18.9. The van der Waals surface area contributed by atoms with Crippen molar-refractivity contribution in [1.29, 1.82) is 0 Å². The van der Waals surface area contributed by atoms with Crippen molar-refractivity contribution >= 4 is 12.0 Å². The van der Waals surface area contributed by atoms with Gasteiger partial charge in [-0.05, 0) is 64.5 Å². The van der Waals surface area contributed by atoms with Crippen molar-refractivity contribution in [3.05, 3.63) is 35.6 Å². The van der Waals surface area contributed by atoms with Crippen LogP contribution in [0.3, 0.4) is 0 Å². The molecule has 2 rings (SSSR count). The third-order valence-electron chi connectivity index (χ3n) is 4.31. The predicted octanol–water partition coefficient (Wildman–Crippen LogP) is 3.66. The molecule has 1 fully saturated rings. The van der Waals surface area contributed by atoms with Gasteiger partial charge < -0.3 is 10.1 Å². The van der Waals surface area contributed by atoms with Crippen LogP contribution in [0.25, 0.3) is 0 Å². The molecule has 1 N–H and O–H groups in total. The molecule has 1 aliphatic heterocycles. The molecule has 0 saturated carbocycles. The topological polar surface area (TPSA) is 58.6 Å². The van der Waals surface area contributed by atoms with Crippen molar-refractivity contribution < 1.29 is 18.7 Å². The maximum absolute atomic E-state index is 13.5. The van der Waals surface area contributed by atoms with Crippen LogP contribution in [0.4, 0.5) is 9.18 Å². The number of rotatable bonds is 6. The van der Waals surface area contributed by atoms with Crippen LogP contribution in [0.1, 0.15) is 52.0 Å². The minimum Gasteiger partial charge on any atom is -0.444 e. The number of benzene rings is 1. The van der Waals surface area contributed by atoms with Crippen LogP contribution in [0.2, 0.25) is 0 Å². The third-order valence-corrected chi connectivity index (χ3v) is 4.31. The Labute approximate surface area is 154 Å². The van der Waals surface area contributed by atoms with Crippen molar-refractivity contribution in [2.45, 2.75) is 64.5 Å². The highest BCUT2D eigenvalue weighted by atomic mass is 19.1. The lowest BCUT2D eigenvalue weighted by Crippen LogP contribution is -2.47. The molecule has 5 nitrogen and oxygen atoms in total. The number of nitrogens with one attached hydrogen (secondary N) is 1. The van der Waals surface area contributed by atoms with Gasteiger partial charge in [0.25, 0.3) is 0 Å². The van der Waals surface area contributed by atoms with E-state index in [1.165, 1.54) is 11.0 Å². The van der Waals surface area contributed by atoms with Crippen LogP contribution in [-0.2, 0) is 16.0 Å². The molecule has 1 aromatic rings. The van der Waals surface area contributed by atoms with E-state index in [0.717, 1.165) is 19.3 Å². The molecule has 0 bridgehead atoms. The molecule has 0 radical (unpaired) electrons. The Morgan fingerprint density at radius 3 is 2.69 bits per heavy atom. The number of aryl methyl sites for hydroxylation is 1. The molecule has 1 aromatic carbocycles. The predicted molar refractivity (Wildman–Crippen MR) is 98.3 cm³/mol. The number of ether oxygens (including phenoxy) is 1. The Morgan fingerprint density at radius 2 is 2.00 bits per heavy atom. The molecular formula is C20H29FN2O3. The maximum atomic E-state index is 13.5. The lowest BCUT2D eigenvalue weighted by molar-refractivity contribution is -0.125. The van der Waals surface area contributed by atoms with E-state index in [1.54, 1.807) is 12.1 Å². The minimum absolute atomic E-state index is 0.140. The molecule has 0 aliphatic carbocycles. The highest BCUT2D eigenvalue weighted by molar-refractivity contribution is 5.86. The lowest BCUT2D eigenvalue weighted by Gasteiger charge is -2.28. The molecule has 0 aromatic heterocycles. The molecule has 1 unspecified atom stereocenters. The van der Waals surface area contributed by atoms with E-state index in [1.807, 2.05) is 26.8 Å². The monoisotopic (exact) mass is 364 g/mol.